The second-order valence-electron chi connectivity index (χ2n) is 4.70. The molecule has 8 nitrogen and oxygen atoms in total. The Balaban J connectivity index is 1.85. The van der Waals surface area contributed by atoms with Crippen LogP contribution in [0.4, 0.5) is 0 Å². The number of hydrogen-bond acceptors (Lipinski definition) is 7. The average Bonchev–Trinajstić information content (AvgIpc) is 3.11. The van der Waals surface area contributed by atoms with E-state index in [-0.39, 0.29) is 11.8 Å². The third kappa shape index (κ3) is 2.20. The van der Waals surface area contributed by atoms with Crippen molar-refractivity contribution in [1.29, 1.82) is 0 Å². The average molecular weight is 264 g/mol. The first kappa shape index (κ1) is 11.8. The minimum absolute atomic E-state index is 0.0979. The number of rotatable bonds is 3. The Labute approximate surface area is 107 Å². The van der Waals surface area contributed by atoms with Crippen LogP contribution in [0.1, 0.15) is 42.6 Å². The molecule has 2 heterocycles. The molecule has 0 saturated heterocycles. The van der Waals surface area contributed by atoms with Gasteiger partial charge in [0.05, 0.1) is 18.3 Å². The van der Waals surface area contributed by atoms with Gasteiger partial charge in [-0.3, -0.25) is 4.79 Å². The number of carboxylic acid groups (broad SMARTS) is 1. The molecule has 0 spiro atoms. The van der Waals surface area contributed by atoms with E-state index in [1.807, 2.05) is 0 Å². The van der Waals surface area contributed by atoms with Crippen molar-refractivity contribution in [3.8, 4) is 0 Å². The molecule has 0 aliphatic heterocycles. The van der Waals surface area contributed by atoms with Gasteiger partial charge in [0.2, 0.25) is 0 Å². The Kier molecular flexibility index (Phi) is 2.98. The Morgan fingerprint density at radius 1 is 1.16 bits per heavy atom. The number of aromatic nitrogens is 4. The van der Waals surface area contributed by atoms with E-state index in [2.05, 4.69) is 20.7 Å². The summed E-state index contributed by atoms with van der Waals surface area (Å²) in [4.78, 5) is 11.3. The van der Waals surface area contributed by atoms with Gasteiger partial charge in [0, 0.05) is 22.4 Å². The highest BCUT2D eigenvalue weighted by Crippen LogP contribution is 2.44. The Morgan fingerprint density at radius 2 is 1.84 bits per heavy atom. The first-order chi connectivity index (χ1) is 9.25. The quantitative estimate of drug-likeness (QED) is 0.879. The number of nitrogens with zero attached hydrogens (tertiary/aromatic N) is 4. The van der Waals surface area contributed by atoms with Crippen LogP contribution in [0.3, 0.4) is 0 Å². The van der Waals surface area contributed by atoms with Crippen molar-refractivity contribution >= 4 is 5.97 Å². The SMILES string of the molecule is O=C(O)C1CCC(c2cnno2)CC1c1cnno1. The fourth-order valence-corrected chi connectivity index (χ4v) is 2.73. The zero-order valence-electron chi connectivity index (χ0n) is 9.97. The van der Waals surface area contributed by atoms with Gasteiger partial charge >= 0.3 is 5.97 Å². The Bertz CT molecular complexity index is 539. The number of carboxylic acids is 1. The highest BCUT2D eigenvalue weighted by molar-refractivity contribution is 5.71. The molecule has 1 aliphatic rings. The van der Waals surface area contributed by atoms with Crippen molar-refractivity contribution in [2.24, 2.45) is 5.92 Å². The van der Waals surface area contributed by atoms with Crippen LogP contribution in [0.5, 0.6) is 0 Å². The van der Waals surface area contributed by atoms with Gasteiger partial charge in [0.1, 0.15) is 0 Å². The van der Waals surface area contributed by atoms with Crippen molar-refractivity contribution in [1.82, 2.24) is 20.7 Å². The van der Waals surface area contributed by atoms with E-state index in [4.69, 9.17) is 9.05 Å². The zero-order valence-corrected chi connectivity index (χ0v) is 9.97. The van der Waals surface area contributed by atoms with Crippen LogP contribution in [-0.4, -0.2) is 31.8 Å². The standard InChI is InChI=1S/C11H12N4O4/c16-11(17)7-2-1-6(9-4-12-14-18-9)3-8(7)10-5-13-15-19-10/h4-8H,1-3H2,(H,16,17). The highest BCUT2D eigenvalue weighted by atomic mass is 16.5. The van der Waals surface area contributed by atoms with Crippen LogP contribution in [0.2, 0.25) is 0 Å². The van der Waals surface area contributed by atoms with E-state index in [0.717, 1.165) is 6.42 Å². The molecule has 0 radical (unpaired) electrons. The van der Waals surface area contributed by atoms with E-state index in [1.165, 1.54) is 6.20 Å². The minimum Gasteiger partial charge on any atom is -0.481 e. The van der Waals surface area contributed by atoms with Crippen LogP contribution in [0.15, 0.2) is 21.4 Å². The van der Waals surface area contributed by atoms with Gasteiger partial charge in [-0.2, -0.15) is 0 Å². The van der Waals surface area contributed by atoms with Crippen LogP contribution >= 0.6 is 0 Å². The molecule has 2 aromatic heterocycles. The molecule has 2 aromatic rings. The molecule has 3 atom stereocenters. The van der Waals surface area contributed by atoms with Crippen LogP contribution in [0, 0.1) is 5.92 Å². The lowest BCUT2D eigenvalue weighted by Gasteiger charge is -2.30. The fraction of sp³-hybridized carbons (Fsp3) is 0.545. The minimum atomic E-state index is -0.824. The maximum atomic E-state index is 11.3. The summed E-state index contributed by atoms with van der Waals surface area (Å²) in [6, 6.07) is 0. The zero-order chi connectivity index (χ0) is 13.2. The Hall–Kier alpha value is -2.25. The molecular weight excluding hydrogens is 252 g/mol. The topological polar surface area (TPSA) is 115 Å². The normalized spacial score (nSPS) is 27.3. The molecule has 3 rings (SSSR count). The molecule has 3 unspecified atom stereocenters. The van der Waals surface area contributed by atoms with Gasteiger partial charge in [-0.25, -0.2) is 0 Å². The molecule has 1 N–H and O–H groups in total. The van der Waals surface area contributed by atoms with E-state index in [1.54, 1.807) is 6.20 Å². The second-order valence-corrected chi connectivity index (χ2v) is 4.70. The van der Waals surface area contributed by atoms with Crippen molar-refractivity contribution < 1.29 is 18.9 Å². The molecular formula is C11H12N4O4. The monoisotopic (exact) mass is 264 g/mol. The number of carbonyl (C=O) groups is 1. The van der Waals surface area contributed by atoms with Crippen LogP contribution < -0.4 is 0 Å². The van der Waals surface area contributed by atoms with Gasteiger partial charge in [-0.15, -0.1) is 10.2 Å². The maximum Gasteiger partial charge on any atom is 0.307 e. The second kappa shape index (κ2) is 4.79. The molecule has 1 fully saturated rings. The molecule has 8 heteroatoms. The summed E-state index contributed by atoms with van der Waals surface area (Å²) in [5, 5.41) is 23.4. The van der Waals surface area contributed by atoms with Gasteiger partial charge < -0.3 is 14.2 Å². The van der Waals surface area contributed by atoms with Crippen LogP contribution in [0.25, 0.3) is 0 Å². The summed E-state index contributed by atoms with van der Waals surface area (Å²) in [7, 11) is 0. The number of hydrogen-bond donors (Lipinski definition) is 1. The lowest BCUT2D eigenvalue weighted by Crippen LogP contribution is -2.28. The molecule has 0 bridgehead atoms. The van der Waals surface area contributed by atoms with Gasteiger partial charge in [0.25, 0.3) is 0 Å². The summed E-state index contributed by atoms with van der Waals surface area (Å²) >= 11 is 0. The summed E-state index contributed by atoms with van der Waals surface area (Å²) in [6.45, 7) is 0. The summed E-state index contributed by atoms with van der Waals surface area (Å²) < 4.78 is 10.1. The van der Waals surface area contributed by atoms with Crippen molar-refractivity contribution in [3.63, 3.8) is 0 Å². The van der Waals surface area contributed by atoms with Gasteiger partial charge in [0.15, 0.2) is 11.5 Å². The lowest BCUT2D eigenvalue weighted by molar-refractivity contribution is -0.144. The molecule has 1 saturated carbocycles. The third-order valence-electron chi connectivity index (χ3n) is 3.69. The van der Waals surface area contributed by atoms with E-state index >= 15 is 0 Å². The molecule has 0 amide bonds. The van der Waals surface area contributed by atoms with E-state index in [0.29, 0.717) is 24.4 Å². The van der Waals surface area contributed by atoms with Crippen molar-refractivity contribution in [2.75, 3.05) is 0 Å². The van der Waals surface area contributed by atoms with Crippen molar-refractivity contribution in [2.45, 2.75) is 31.1 Å². The lowest BCUT2D eigenvalue weighted by atomic mass is 9.72. The summed E-state index contributed by atoms with van der Waals surface area (Å²) in [5.74, 6) is -0.277. The summed E-state index contributed by atoms with van der Waals surface area (Å²) in [5.41, 5.74) is 0. The van der Waals surface area contributed by atoms with Crippen molar-refractivity contribution in [3.05, 3.63) is 23.9 Å². The molecule has 0 aromatic carbocycles. The van der Waals surface area contributed by atoms with Gasteiger partial charge in [-0.05, 0) is 19.3 Å². The van der Waals surface area contributed by atoms with Gasteiger partial charge in [-0.1, -0.05) is 0 Å². The van der Waals surface area contributed by atoms with E-state index in [9.17, 15) is 9.90 Å². The predicted octanol–water partition coefficient (Wildman–Crippen LogP) is 1.20. The largest absolute Gasteiger partial charge is 0.481 e. The predicted molar refractivity (Wildman–Crippen MR) is 59.1 cm³/mol. The summed E-state index contributed by atoms with van der Waals surface area (Å²) in [6.07, 6.45) is 4.92. The smallest absolute Gasteiger partial charge is 0.307 e. The number of aliphatic carboxylic acids is 1. The van der Waals surface area contributed by atoms with E-state index < -0.39 is 11.9 Å². The molecule has 1 aliphatic carbocycles. The highest BCUT2D eigenvalue weighted by Gasteiger charge is 2.39. The third-order valence-corrected chi connectivity index (χ3v) is 3.69. The first-order valence-corrected chi connectivity index (χ1v) is 6.03. The molecule has 100 valence electrons. The molecule has 19 heavy (non-hydrogen) atoms. The first-order valence-electron chi connectivity index (χ1n) is 6.03. The Morgan fingerprint density at radius 3 is 2.42 bits per heavy atom. The maximum absolute atomic E-state index is 11.3. The fourth-order valence-electron chi connectivity index (χ4n) is 2.73. The van der Waals surface area contributed by atoms with Crippen LogP contribution in [-0.2, 0) is 4.79 Å².